The number of rotatable bonds is 1. The second-order valence-electron chi connectivity index (χ2n) is 9.05. The summed E-state index contributed by atoms with van der Waals surface area (Å²) < 4.78 is 9.61. The maximum absolute atomic E-state index is 12.9. The first-order valence-electron chi connectivity index (χ1n) is 11.4. The zero-order valence-electron chi connectivity index (χ0n) is 19.8. The fourth-order valence-electron chi connectivity index (χ4n) is 5.00. The van der Waals surface area contributed by atoms with Crippen LogP contribution in [0.15, 0.2) is 78.1 Å². The molecule has 1 atom stereocenters. The smallest absolute Gasteiger partial charge is 0.251 e. The average molecular weight is 475 g/mol. The lowest BCUT2D eigenvalue weighted by atomic mass is 9.80. The number of aryl methyl sites for hydroxylation is 2. The van der Waals surface area contributed by atoms with Crippen molar-refractivity contribution in [2.75, 3.05) is 0 Å². The van der Waals surface area contributed by atoms with E-state index in [0.717, 1.165) is 33.3 Å². The van der Waals surface area contributed by atoms with E-state index in [-0.39, 0.29) is 17.9 Å². The van der Waals surface area contributed by atoms with E-state index in [9.17, 15) is 10.1 Å². The average Bonchev–Trinajstić information content (AvgIpc) is 3.34. The summed E-state index contributed by atoms with van der Waals surface area (Å²) in [6.45, 7) is 0.137. The van der Waals surface area contributed by atoms with Crippen molar-refractivity contribution in [2.45, 2.75) is 12.1 Å². The summed E-state index contributed by atoms with van der Waals surface area (Å²) in [5, 5.41) is 10.6. The highest BCUT2D eigenvalue weighted by Crippen LogP contribution is 2.38. The van der Waals surface area contributed by atoms with E-state index in [4.69, 9.17) is 10.5 Å². The Kier molecular flexibility index (Phi) is 4.78. The predicted octanol–water partition coefficient (Wildman–Crippen LogP) is 3.35. The molecule has 8 nitrogen and oxygen atoms in total. The van der Waals surface area contributed by atoms with Gasteiger partial charge in [-0.05, 0) is 47.0 Å². The number of fused-ring (bicyclic) bond motifs is 6. The topological polar surface area (TPSA) is 112 Å². The highest BCUT2D eigenvalue weighted by atomic mass is 16.5. The number of ether oxygens (including phenoxy) is 1. The predicted molar refractivity (Wildman–Crippen MR) is 135 cm³/mol. The molecule has 6 rings (SSSR count). The lowest BCUT2D eigenvalue weighted by molar-refractivity contribution is 0.305. The van der Waals surface area contributed by atoms with Crippen molar-refractivity contribution >= 4 is 10.9 Å². The van der Waals surface area contributed by atoms with Gasteiger partial charge in [0.1, 0.15) is 29.7 Å². The maximum Gasteiger partial charge on any atom is 0.251 e. The Labute approximate surface area is 206 Å². The third-order valence-corrected chi connectivity index (χ3v) is 6.99. The molecule has 0 aliphatic carbocycles. The second kappa shape index (κ2) is 7.90. The van der Waals surface area contributed by atoms with Crippen LogP contribution in [0.25, 0.3) is 22.0 Å². The first-order valence-corrected chi connectivity index (χ1v) is 11.4. The molecule has 0 radical (unpaired) electrons. The number of aromatic nitrogens is 4. The van der Waals surface area contributed by atoms with E-state index in [2.05, 4.69) is 16.0 Å². The highest BCUT2D eigenvalue weighted by molar-refractivity contribution is 5.95. The molecule has 2 aromatic carbocycles. The minimum Gasteiger partial charge on any atom is -0.489 e. The summed E-state index contributed by atoms with van der Waals surface area (Å²) in [6, 6.07) is 19.2. The second-order valence-corrected chi connectivity index (χ2v) is 9.05. The van der Waals surface area contributed by atoms with Crippen molar-refractivity contribution in [3.8, 4) is 22.9 Å². The van der Waals surface area contributed by atoms with E-state index in [1.807, 2.05) is 60.1 Å². The Balaban J connectivity index is 1.77. The fourth-order valence-corrected chi connectivity index (χ4v) is 5.00. The Morgan fingerprint density at radius 1 is 1.08 bits per heavy atom. The Bertz CT molecular complexity index is 1780. The standard InChI is InChI=1S/C28H22N6O2/c1-33-16-31-14-26(33)28(30)19-6-7-25-23(10-19)22(11-27(35)34(25)2)17-4-3-5-21(9-17)36-15-18-8-20(28)13-32-24(18)12-29/h3-11,13-14,16H,15,30H2,1-2H3. The van der Waals surface area contributed by atoms with Crippen molar-refractivity contribution in [2.24, 2.45) is 19.8 Å². The number of nitrogens with zero attached hydrogens (tertiary/aromatic N) is 5. The van der Waals surface area contributed by atoms with Crippen LogP contribution in [-0.4, -0.2) is 19.1 Å². The van der Waals surface area contributed by atoms with Gasteiger partial charge >= 0.3 is 0 Å². The normalized spacial score (nSPS) is 16.5. The number of imidazole rings is 1. The Morgan fingerprint density at radius 2 is 1.94 bits per heavy atom. The molecule has 1 unspecified atom stereocenters. The van der Waals surface area contributed by atoms with E-state index < -0.39 is 5.54 Å². The minimum atomic E-state index is -1.15. The van der Waals surface area contributed by atoms with Crippen molar-refractivity contribution in [1.29, 1.82) is 5.26 Å². The summed E-state index contributed by atoms with van der Waals surface area (Å²) >= 11 is 0. The van der Waals surface area contributed by atoms with Crippen molar-refractivity contribution < 1.29 is 4.74 Å². The van der Waals surface area contributed by atoms with Gasteiger partial charge in [-0.25, -0.2) is 9.97 Å². The number of hydrogen-bond donors (Lipinski definition) is 1. The zero-order valence-corrected chi connectivity index (χ0v) is 19.8. The molecule has 36 heavy (non-hydrogen) atoms. The molecule has 176 valence electrons. The third-order valence-electron chi connectivity index (χ3n) is 6.99. The summed E-state index contributed by atoms with van der Waals surface area (Å²) in [6.07, 6.45) is 5.08. The van der Waals surface area contributed by atoms with E-state index >= 15 is 0 Å². The van der Waals surface area contributed by atoms with Gasteiger partial charge in [0.15, 0.2) is 0 Å². The summed E-state index contributed by atoms with van der Waals surface area (Å²) in [4.78, 5) is 21.6. The number of pyridine rings is 2. The van der Waals surface area contributed by atoms with Crippen molar-refractivity contribution in [3.05, 3.63) is 112 Å². The molecule has 4 heterocycles. The van der Waals surface area contributed by atoms with Crippen molar-refractivity contribution in [3.63, 3.8) is 0 Å². The first kappa shape index (κ1) is 21.8. The van der Waals surface area contributed by atoms with Crippen LogP contribution in [0, 0.1) is 11.3 Å². The van der Waals surface area contributed by atoms with Gasteiger partial charge in [0, 0.05) is 42.9 Å². The lowest BCUT2D eigenvalue weighted by Crippen LogP contribution is -2.41. The van der Waals surface area contributed by atoms with Crippen LogP contribution in [0.2, 0.25) is 0 Å². The van der Waals surface area contributed by atoms with Gasteiger partial charge in [-0.2, -0.15) is 5.26 Å². The lowest BCUT2D eigenvalue weighted by Gasteiger charge is -2.31. The van der Waals surface area contributed by atoms with Gasteiger partial charge in [-0.1, -0.05) is 18.2 Å². The largest absolute Gasteiger partial charge is 0.489 e. The van der Waals surface area contributed by atoms with Crippen molar-refractivity contribution in [1.82, 2.24) is 19.1 Å². The maximum atomic E-state index is 12.9. The van der Waals surface area contributed by atoms with Gasteiger partial charge in [0.05, 0.1) is 23.7 Å². The van der Waals surface area contributed by atoms with Gasteiger partial charge in [0.25, 0.3) is 5.56 Å². The highest BCUT2D eigenvalue weighted by Gasteiger charge is 2.36. The quantitative estimate of drug-likeness (QED) is 0.399. The van der Waals surface area contributed by atoms with Crippen LogP contribution >= 0.6 is 0 Å². The van der Waals surface area contributed by atoms with Crippen LogP contribution in [0.4, 0.5) is 0 Å². The molecule has 1 aliphatic rings. The molecule has 0 spiro atoms. The molecule has 0 saturated heterocycles. The van der Waals surface area contributed by atoms with Crippen LogP contribution in [-0.2, 0) is 26.2 Å². The first-order chi connectivity index (χ1) is 17.4. The molecular formula is C28H22N6O2. The monoisotopic (exact) mass is 474 g/mol. The summed E-state index contributed by atoms with van der Waals surface area (Å²) in [5.74, 6) is 0.622. The molecule has 1 aliphatic heterocycles. The molecule has 6 bridgehead atoms. The fraction of sp³-hybridized carbons (Fsp3) is 0.143. The number of hydrogen-bond acceptors (Lipinski definition) is 6. The number of nitrogens with two attached hydrogens (primary N) is 1. The van der Waals surface area contributed by atoms with Gasteiger partial charge < -0.3 is 19.6 Å². The molecule has 5 aromatic rings. The van der Waals surface area contributed by atoms with Crippen LogP contribution in [0.1, 0.15) is 28.1 Å². The molecule has 0 fully saturated rings. The van der Waals surface area contributed by atoms with E-state index in [1.54, 1.807) is 36.4 Å². The van der Waals surface area contributed by atoms with E-state index in [1.165, 1.54) is 0 Å². The Morgan fingerprint density at radius 3 is 2.72 bits per heavy atom. The molecule has 0 saturated carbocycles. The van der Waals surface area contributed by atoms with E-state index in [0.29, 0.717) is 16.9 Å². The third kappa shape index (κ3) is 3.14. The number of benzene rings is 2. The van der Waals surface area contributed by atoms with Gasteiger partial charge in [0.2, 0.25) is 0 Å². The van der Waals surface area contributed by atoms with Crippen LogP contribution < -0.4 is 16.0 Å². The summed E-state index contributed by atoms with van der Waals surface area (Å²) in [5.41, 5.74) is 11.6. The molecule has 3 aromatic heterocycles. The number of nitriles is 1. The molecule has 2 N–H and O–H groups in total. The van der Waals surface area contributed by atoms with Gasteiger partial charge in [-0.15, -0.1) is 0 Å². The van der Waals surface area contributed by atoms with Gasteiger partial charge in [-0.3, -0.25) is 4.79 Å². The van der Waals surface area contributed by atoms with Crippen LogP contribution in [0.5, 0.6) is 5.75 Å². The molecule has 8 heteroatoms. The SMILES string of the molecule is Cn1cncc1C1(N)c2cnc(C#N)c(c2)COc2cccc(c2)-c2cc(=O)n(C)c3ccc1cc23. The Hall–Kier alpha value is -4.74. The molecule has 0 amide bonds. The molecular weight excluding hydrogens is 452 g/mol. The minimum absolute atomic E-state index is 0.110. The zero-order chi connectivity index (χ0) is 25.0. The summed E-state index contributed by atoms with van der Waals surface area (Å²) in [7, 11) is 3.65. The van der Waals surface area contributed by atoms with Crippen LogP contribution in [0.3, 0.4) is 0 Å².